The van der Waals surface area contributed by atoms with Gasteiger partial charge in [-0.2, -0.15) is 0 Å². The molecule has 4 rings (SSSR count). The zero-order valence-electron chi connectivity index (χ0n) is 20.9. The van der Waals surface area contributed by atoms with Gasteiger partial charge < -0.3 is 20.6 Å². The topological polar surface area (TPSA) is 98.7 Å². The number of nitrogens with one attached hydrogen (secondary N) is 2. The number of unbranched alkanes of at least 4 members (excludes halogenated alkanes) is 4. The summed E-state index contributed by atoms with van der Waals surface area (Å²) < 4.78 is -0.930. The van der Waals surface area contributed by atoms with Gasteiger partial charge in [0, 0.05) is 30.1 Å². The summed E-state index contributed by atoms with van der Waals surface area (Å²) in [5.74, 6) is -1.22. The number of thioether (sulfide) groups is 1. The molecule has 5 atom stereocenters. The Morgan fingerprint density at radius 1 is 1.09 bits per heavy atom. The maximum atomic E-state index is 14.0. The lowest BCUT2D eigenvalue weighted by atomic mass is 9.66. The van der Waals surface area contributed by atoms with Crippen LogP contribution in [0.15, 0.2) is 30.3 Å². The predicted octanol–water partition coefficient (Wildman–Crippen LogP) is 3.58. The zero-order valence-corrected chi connectivity index (χ0v) is 21.7. The molecule has 35 heavy (non-hydrogen) atoms. The molecule has 8 heteroatoms. The number of likely N-dealkylation sites (tertiary alicyclic amines) is 1. The summed E-state index contributed by atoms with van der Waals surface area (Å²) in [6.07, 6.45) is 6.81. The van der Waals surface area contributed by atoms with E-state index in [9.17, 15) is 14.4 Å². The number of carbonyl (C=O) groups excluding carboxylic acids is 3. The Balaban J connectivity index is 1.60. The van der Waals surface area contributed by atoms with Gasteiger partial charge >= 0.3 is 0 Å². The van der Waals surface area contributed by atoms with Crippen LogP contribution >= 0.6 is 11.8 Å². The molecule has 3 N–H and O–H groups in total. The second-order valence-electron chi connectivity index (χ2n) is 10.4. The third-order valence-electron chi connectivity index (χ3n) is 7.99. The molecule has 192 valence electrons. The number of rotatable bonds is 12. The molecule has 1 aromatic carbocycles. The second-order valence-corrected chi connectivity index (χ2v) is 12.3. The van der Waals surface area contributed by atoms with E-state index in [1.165, 1.54) is 0 Å². The molecule has 3 saturated heterocycles. The van der Waals surface area contributed by atoms with E-state index < -0.39 is 22.6 Å². The van der Waals surface area contributed by atoms with Crippen LogP contribution < -0.4 is 10.6 Å². The monoisotopic (exact) mass is 501 g/mol. The van der Waals surface area contributed by atoms with Crippen LogP contribution in [0.25, 0.3) is 0 Å². The first kappa shape index (κ1) is 26.0. The van der Waals surface area contributed by atoms with Gasteiger partial charge in [0.2, 0.25) is 17.7 Å². The fourth-order valence-corrected chi connectivity index (χ4v) is 8.70. The van der Waals surface area contributed by atoms with E-state index in [-0.39, 0.29) is 29.1 Å². The van der Waals surface area contributed by atoms with Crippen molar-refractivity contribution in [1.82, 2.24) is 10.2 Å². The molecule has 2 unspecified atom stereocenters. The van der Waals surface area contributed by atoms with E-state index in [4.69, 9.17) is 5.11 Å². The van der Waals surface area contributed by atoms with Gasteiger partial charge in [-0.15, -0.1) is 11.8 Å². The van der Waals surface area contributed by atoms with Gasteiger partial charge in [-0.05, 0) is 51.2 Å². The summed E-state index contributed by atoms with van der Waals surface area (Å²) in [5, 5.41) is 15.2. The van der Waals surface area contributed by atoms with Crippen molar-refractivity contribution >= 4 is 35.2 Å². The van der Waals surface area contributed by atoms with Gasteiger partial charge in [0.25, 0.3) is 0 Å². The van der Waals surface area contributed by atoms with E-state index in [0.29, 0.717) is 13.1 Å². The van der Waals surface area contributed by atoms with Crippen molar-refractivity contribution in [2.75, 3.05) is 25.0 Å². The van der Waals surface area contributed by atoms with Crippen LogP contribution in [0.2, 0.25) is 0 Å². The van der Waals surface area contributed by atoms with Crippen molar-refractivity contribution in [3.63, 3.8) is 0 Å². The molecular formula is C27H39N3O4S. The molecule has 3 aliphatic heterocycles. The number of hydrogen-bond acceptors (Lipinski definition) is 5. The first-order valence-corrected chi connectivity index (χ1v) is 13.9. The summed E-state index contributed by atoms with van der Waals surface area (Å²) >= 11 is 1.71. The molecule has 3 fully saturated rings. The maximum absolute atomic E-state index is 14.0. The molecule has 7 nitrogen and oxygen atoms in total. The normalized spacial score (nSPS) is 31.0. The molecule has 1 spiro atoms. The largest absolute Gasteiger partial charge is 0.396 e. The minimum absolute atomic E-state index is 0.0491. The molecule has 0 aliphatic carbocycles. The minimum atomic E-state index is -0.564. The average Bonchev–Trinajstić information content (AvgIpc) is 3.40. The average molecular weight is 502 g/mol. The highest BCUT2D eigenvalue weighted by Gasteiger charge is 2.76. The summed E-state index contributed by atoms with van der Waals surface area (Å²) in [7, 11) is 0. The molecule has 0 radical (unpaired) electrons. The fraction of sp³-hybridized carbons (Fsp3) is 0.667. The third kappa shape index (κ3) is 4.84. The van der Waals surface area contributed by atoms with Gasteiger partial charge in [0.1, 0.15) is 6.04 Å². The molecule has 3 amide bonds. The SMILES string of the molecule is CCCCNC(=O)C1N(CCCCCCO)C(=O)[C@@H]2[C@H](C(=O)Nc3ccccc3)[C@]3(C)CCC12S3. The number of amides is 3. The lowest BCUT2D eigenvalue weighted by Gasteiger charge is -2.34. The fourth-order valence-electron chi connectivity index (χ4n) is 6.34. The summed E-state index contributed by atoms with van der Waals surface area (Å²) in [6, 6.07) is 8.83. The molecule has 2 bridgehead atoms. The lowest BCUT2D eigenvalue weighted by molar-refractivity contribution is -0.139. The van der Waals surface area contributed by atoms with Crippen molar-refractivity contribution < 1.29 is 19.5 Å². The highest BCUT2D eigenvalue weighted by molar-refractivity contribution is 8.02. The van der Waals surface area contributed by atoms with Gasteiger partial charge in [-0.25, -0.2) is 0 Å². The number of anilines is 1. The van der Waals surface area contributed by atoms with E-state index in [1.54, 1.807) is 16.7 Å². The standard InChI is InChI=1S/C27H39N3O4S/c1-3-4-16-28-24(33)22-27-15-14-26(2,35-27)20(23(32)29-19-12-8-7-9-13-19)21(27)25(34)30(22)17-10-5-6-11-18-31/h7-9,12-13,20-22,31H,3-6,10-11,14-18H2,1-2H3,(H,28,33)(H,29,32)/t20-,21+,22?,26+,27?/m1/s1. The summed E-state index contributed by atoms with van der Waals surface area (Å²) in [5.41, 5.74) is 0.725. The Hall–Kier alpha value is -2.06. The molecular weight excluding hydrogens is 462 g/mol. The summed E-state index contributed by atoms with van der Waals surface area (Å²) in [6.45, 7) is 5.47. The molecule has 1 aromatic rings. The van der Waals surface area contributed by atoms with Crippen molar-refractivity contribution in [3.8, 4) is 0 Å². The Kier molecular flexibility index (Phi) is 8.11. The lowest BCUT2D eigenvalue weighted by Crippen LogP contribution is -2.53. The Morgan fingerprint density at radius 2 is 1.83 bits per heavy atom. The Morgan fingerprint density at radius 3 is 2.54 bits per heavy atom. The number of aliphatic hydroxyl groups excluding tert-OH is 1. The Labute approximate surface area is 212 Å². The maximum Gasteiger partial charge on any atom is 0.244 e. The first-order chi connectivity index (χ1) is 16.9. The number of nitrogens with zero attached hydrogens (tertiary/aromatic N) is 1. The van der Waals surface area contributed by atoms with Gasteiger partial charge in [0.05, 0.1) is 16.6 Å². The van der Waals surface area contributed by atoms with Crippen molar-refractivity contribution in [2.24, 2.45) is 11.8 Å². The summed E-state index contributed by atoms with van der Waals surface area (Å²) in [4.78, 5) is 42.9. The first-order valence-electron chi connectivity index (χ1n) is 13.1. The predicted molar refractivity (Wildman–Crippen MR) is 139 cm³/mol. The van der Waals surface area contributed by atoms with Crippen molar-refractivity contribution in [3.05, 3.63) is 30.3 Å². The van der Waals surface area contributed by atoms with Gasteiger partial charge in [-0.3, -0.25) is 14.4 Å². The highest BCUT2D eigenvalue weighted by Crippen LogP contribution is 2.71. The number of benzene rings is 1. The molecule has 3 aliphatic rings. The Bertz CT molecular complexity index is 928. The molecule has 0 saturated carbocycles. The smallest absolute Gasteiger partial charge is 0.244 e. The molecule has 3 heterocycles. The quantitative estimate of drug-likeness (QED) is 0.380. The number of carbonyl (C=O) groups is 3. The molecule has 0 aromatic heterocycles. The van der Waals surface area contributed by atoms with Crippen LogP contribution in [0, 0.1) is 11.8 Å². The van der Waals surface area contributed by atoms with Crippen molar-refractivity contribution in [2.45, 2.75) is 80.7 Å². The highest BCUT2D eigenvalue weighted by atomic mass is 32.2. The zero-order chi connectivity index (χ0) is 25.1. The van der Waals surface area contributed by atoms with Crippen LogP contribution in [-0.2, 0) is 14.4 Å². The van der Waals surface area contributed by atoms with E-state index >= 15 is 0 Å². The van der Waals surface area contributed by atoms with Gasteiger partial charge in [-0.1, -0.05) is 44.4 Å². The van der Waals surface area contributed by atoms with E-state index in [1.807, 2.05) is 30.3 Å². The van der Waals surface area contributed by atoms with E-state index in [2.05, 4.69) is 24.5 Å². The van der Waals surface area contributed by atoms with Crippen LogP contribution in [0.3, 0.4) is 0 Å². The van der Waals surface area contributed by atoms with Crippen LogP contribution in [0.1, 0.15) is 65.2 Å². The number of hydrogen-bond donors (Lipinski definition) is 3. The number of fused-ring (bicyclic) bond motifs is 1. The number of aliphatic hydroxyl groups is 1. The minimum Gasteiger partial charge on any atom is -0.396 e. The number of para-hydroxylation sites is 1. The second kappa shape index (κ2) is 10.9. The van der Waals surface area contributed by atoms with E-state index in [0.717, 1.165) is 57.1 Å². The van der Waals surface area contributed by atoms with Crippen LogP contribution in [-0.4, -0.2) is 63.0 Å². The van der Waals surface area contributed by atoms with Crippen molar-refractivity contribution in [1.29, 1.82) is 0 Å². The third-order valence-corrected chi connectivity index (χ3v) is 9.97. The van der Waals surface area contributed by atoms with Crippen LogP contribution in [0.5, 0.6) is 0 Å². The van der Waals surface area contributed by atoms with Gasteiger partial charge in [0.15, 0.2) is 0 Å². The van der Waals surface area contributed by atoms with Crippen LogP contribution in [0.4, 0.5) is 5.69 Å².